The quantitative estimate of drug-likeness (QED) is 0.766. The minimum absolute atomic E-state index is 0.143. The van der Waals surface area contributed by atoms with Crippen molar-refractivity contribution in [1.29, 1.82) is 0 Å². The van der Waals surface area contributed by atoms with E-state index in [4.69, 9.17) is 10.5 Å². The summed E-state index contributed by atoms with van der Waals surface area (Å²) < 4.78 is 33.3. The van der Waals surface area contributed by atoms with E-state index < -0.39 is 10.0 Å². The third kappa shape index (κ3) is 5.07. The fourth-order valence-electron chi connectivity index (χ4n) is 1.93. The number of nitrogens with two attached hydrogens (primary N) is 1. The van der Waals surface area contributed by atoms with Gasteiger partial charge in [0, 0.05) is 19.2 Å². The molecule has 0 radical (unpaired) electrons. The number of nitrogens with one attached hydrogen (secondary N) is 1. The van der Waals surface area contributed by atoms with Crippen molar-refractivity contribution in [2.24, 2.45) is 11.7 Å². The van der Waals surface area contributed by atoms with Crippen LogP contribution in [0.2, 0.25) is 0 Å². The largest absolute Gasteiger partial charge is 0.380 e. The van der Waals surface area contributed by atoms with Crippen LogP contribution in [0.4, 0.5) is 0 Å². The lowest BCUT2D eigenvalue weighted by atomic mass is 10.1. The maximum atomic E-state index is 12.6. The molecule has 1 rings (SSSR count). The summed E-state index contributed by atoms with van der Waals surface area (Å²) in [5.74, 6) is 0.143. The molecule has 0 heterocycles. The Labute approximate surface area is 127 Å². The van der Waals surface area contributed by atoms with E-state index in [1.807, 2.05) is 26.8 Å². The molecule has 1 atom stereocenters. The minimum Gasteiger partial charge on any atom is -0.380 e. The molecule has 0 bridgehead atoms. The van der Waals surface area contributed by atoms with Crippen molar-refractivity contribution in [3.63, 3.8) is 0 Å². The van der Waals surface area contributed by atoms with Crippen molar-refractivity contribution in [2.75, 3.05) is 13.2 Å². The Hall–Kier alpha value is -0.950. The molecule has 0 aliphatic rings. The second-order valence-corrected chi connectivity index (χ2v) is 7.12. The first kappa shape index (κ1) is 18.1. The summed E-state index contributed by atoms with van der Waals surface area (Å²) in [5.41, 5.74) is 7.10. The normalized spacial score (nSPS) is 13.6. The zero-order valence-electron chi connectivity index (χ0n) is 13.2. The number of hydrogen-bond donors (Lipinski definition) is 2. The van der Waals surface area contributed by atoms with Gasteiger partial charge in [-0.05, 0) is 37.0 Å². The number of rotatable bonds is 8. The first-order valence-electron chi connectivity index (χ1n) is 7.21. The van der Waals surface area contributed by atoms with Gasteiger partial charge < -0.3 is 10.5 Å². The zero-order valence-corrected chi connectivity index (χ0v) is 14.0. The van der Waals surface area contributed by atoms with Crippen molar-refractivity contribution in [3.8, 4) is 0 Å². The molecule has 0 aromatic heterocycles. The molecule has 0 saturated carbocycles. The Balaban J connectivity index is 3.04. The number of benzene rings is 1. The average molecular weight is 314 g/mol. The summed E-state index contributed by atoms with van der Waals surface area (Å²) in [4.78, 5) is 0.285. The monoisotopic (exact) mass is 314 g/mol. The Morgan fingerprint density at radius 1 is 1.33 bits per heavy atom. The molecule has 1 unspecified atom stereocenters. The standard InChI is InChI=1S/C15H26N2O3S/c1-5-20-10-14(11(2)3)17-21(18,19)15-8-13(9-16)7-6-12(15)4/h6-8,11,14,17H,5,9-10,16H2,1-4H3. The van der Waals surface area contributed by atoms with Crippen LogP contribution in [-0.2, 0) is 21.3 Å². The lowest BCUT2D eigenvalue weighted by molar-refractivity contribution is 0.116. The Morgan fingerprint density at radius 2 is 2.00 bits per heavy atom. The van der Waals surface area contributed by atoms with Crippen molar-refractivity contribution >= 4 is 10.0 Å². The first-order chi connectivity index (χ1) is 9.81. The highest BCUT2D eigenvalue weighted by molar-refractivity contribution is 7.89. The van der Waals surface area contributed by atoms with Crippen molar-refractivity contribution in [1.82, 2.24) is 4.72 Å². The highest BCUT2D eigenvalue weighted by Crippen LogP contribution is 2.18. The van der Waals surface area contributed by atoms with Gasteiger partial charge in [-0.3, -0.25) is 0 Å². The van der Waals surface area contributed by atoms with Crippen molar-refractivity contribution in [2.45, 2.75) is 45.2 Å². The second-order valence-electron chi connectivity index (χ2n) is 5.44. The van der Waals surface area contributed by atoms with Crippen molar-refractivity contribution < 1.29 is 13.2 Å². The van der Waals surface area contributed by atoms with E-state index in [0.717, 1.165) is 5.56 Å². The molecule has 0 amide bonds. The van der Waals surface area contributed by atoms with E-state index in [0.29, 0.717) is 25.3 Å². The molecule has 5 nitrogen and oxygen atoms in total. The summed E-state index contributed by atoms with van der Waals surface area (Å²) in [6.45, 7) is 8.85. The fourth-order valence-corrected chi connectivity index (χ4v) is 3.60. The molecule has 0 fully saturated rings. The molecular formula is C15H26N2O3S. The van der Waals surface area contributed by atoms with Crippen LogP contribution in [0.3, 0.4) is 0 Å². The molecule has 6 heteroatoms. The molecule has 0 saturated heterocycles. The predicted octanol–water partition coefficient (Wildman–Crippen LogP) is 1.79. The van der Waals surface area contributed by atoms with Gasteiger partial charge >= 0.3 is 0 Å². The molecule has 3 N–H and O–H groups in total. The third-order valence-electron chi connectivity index (χ3n) is 3.39. The molecule has 21 heavy (non-hydrogen) atoms. The van der Waals surface area contributed by atoms with Crippen LogP contribution in [0.15, 0.2) is 23.1 Å². The van der Waals surface area contributed by atoms with E-state index in [-0.39, 0.29) is 16.9 Å². The van der Waals surface area contributed by atoms with E-state index >= 15 is 0 Å². The average Bonchev–Trinajstić information content (AvgIpc) is 2.43. The lowest BCUT2D eigenvalue weighted by Crippen LogP contribution is -2.42. The van der Waals surface area contributed by atoms with Gasteiger partial charge in [-0.2, -0.15) is 0 Å². The van der Waals surface area contributed by atoms with Crippen LogP contribution in [0.25, 0.3) is 0 Å². The van der Waals surface area contributed by atoms with Crippen LogP contribution in [0.1, 0.15) is 31.9 Å². The SMILES string of the molecule is CCOCC(NS(=O)(=O)c1cc(CN)ccc1C)C(C)C. The van der Waals surface area contributed by atoms with Crippen LogP contribution in [-0.4, -0.2) is 27.7 Å². The number of sulfonamides is 1. The van der Waals surface area contributed by atoms with Gasteiger partial charge in [0.25, 0.3) is 0 Å². The number of aryl methyl sites for hydroxylation is 1. The van der Waals surface area contributed by atoms with E-state index in [1.54, 1.807) is 19.1 Å². The Kier molecular flexibility index (Phi) is 6.80. The third-order valence-corrected chi connectivity index (χ3v) is 5.02. The predicted molar refractivity (Wildman–Crippen MR) is 84.5 cm³/mol. The van der Waals surface area contributed by atoms with E-state index in [9.17, 15) is 8.42 Å². The van der Waals surface area contributed by atoms with Crippen LogP contribution < -0.4 is 10.5 Å². The van der Waals surface area contributed by atoms with Crippen molar-refractivity contribution in [3.05, 3.63) is 29.3 Å². The van der Waals surface area contributed by atoms with Crippen LogP contribution in [0, 0.1) is 12.8 Å². The van der Waals surface area contributed by atoms with Gasteiger partial charge in [0.05, 0.1) is 11.5 Å². The topological polar surface area (TPSA) is 81.4 Å². The summed E-state index contributed by atoms with van der Waals surface area (Å²) >= 11 is 0. The van der Waals surface area contributed by atoms with Gasteiger partial charge in [0.15, 0.2) is 0 Å². The van der Waals surface area contributed by atoms with Gasteiger partial charge in [-0.1, -0.05) is 26.0 Å². The molecule has 1 aromatic carbocycles. The smallest absolute Gasteiger partial charge is 0.241 e. The maximum absolute atomic E-state index is 12.6. The molecular weight excluding hydrogens is 288 g/mol. The summed E-state index contributed by atoms with van der Waals surface area (Å²) in [6.07, 6.45) is 0. The highest BCUT2D eigenvalue weighted by Gasteiger charge is 2.24. The van der Waals surface area contributed by atoms with Gasteiger partial charge in [0.1, 0.15) is 0 Å². The maximum Gasteiger partial charge on any atom is 0.241 e. The molecule has 120 valence electrons. The second kappa shape index (κ2) is 7.89. The molecule has 0 aliphatic carbocycles. The fraction of sp³-hybridized carbons (Fsp3) is 0.600. The molecule has 0 aliphatic heterocycles. The van der Waals surface area contributed by atoms with E-state index in [1.165, 1.54) is 0 Å². The van der Waals surface area contributed by atoms with Gasteiger partial charge in [-0.15, -0.1) is 0 Å². The molecule has 1 aromatic rings. The first-order valence-corrected chi connectivity index (χ1v) is 8.69. The summed E-state index contributed by atoms with van der Waals surface area (Å²) in [7, 11) is -3.58. The Morgan fingerprint density at radius 3 is 2.52 bits per heavy atom. The Bertz CT molecular complexity index is 556. The minimum atomic E-state index is -3.58. The highest BCUT2D eigenvalue weighted by atomic mass is 32.2. The lowest BCUT2D eigenvalue weighted by Gasteiger charge is -2.22. The summed E-state index contributed by atoms with van der Waals surface area (Å²) in [6, 6.07) is 5.00. The summed E-state index contributed by atoms with van der Waals surface area (Å²) in [5, 5.41) is 0. The zero-order chi connectivity index (χ0) is 16.0. The number of hydrogen-bond acceptors (Lipinski definition) is 4. The van der Waals surface area contributed by atoms with Gasteiger partial charge in [-0.25, -0.2) is 13.1 Å². The number of ether oxygens (including phenoxy) is 1. The van der Waals surface area contributed by atoms with Gasteiger partial charge in [0.2, 0.25) is 10.0 Å². The van der Waals surface area contributed by atoms with E-state index in [2.05, 4.69) is 4.72 Å². The van der Waals surface area contributed by atoms with Crippen LogP contribution >= 0.6 is 0 Å². The van der Waals surface area contributed by atoms with Crippen LogP contribution in [0.5, 0.6) is 0 Å². The molecule has 0 spiro atoms.